The summed E-state index contributed by atoms with van der Waals surface area (Å²) in [5.74, 6) is -0.448. The van der Waals surface area contributed by atoms with Crippen LogP contribution < -0.4 is 5.32 Å². The number of fused-ring (bicyclic) bond motifs is 1. The van der Waals surface area contributed by atoms with Gasteiger partial charge in [0.25, 0.3) is 0 Å². The van der Waals surface area contributed by atoms with E-state index >= 15 is 0 Å². The molecule has 4 nitrogen and oxygen atoms in total. The fourth-order valence-corrected chi connectivity index (χ4v) is 2.76. The molecule has 20 heavy (non-hydrogen) atoms. The Kier molecular flexibility index (Phi) is 3.92. The Hall–Kier alpha value is -1.17. The molecule has 1 N–H and O–H groups in total. The van der Waals surface area contributed by atoms with Crippen LogP contribution in [0.15, 0.2) is 34.9 Å². The highest BCUT2D eigenvalue weighted by molar-refractivity contribution is 9.10. The summed E-state index contributed by atoms with van der Waals surface area (Å²) in [5.41, 5.74) is 2.07. The number of nitrogens with one attached hydrogen (secondary N) is 1. The van der Waals surface area contributed by atoms with Crippen LogP contribution in [0.4, 0.5) is 5.69 Å². The molecule has 106 valence electrons. The molecule has 5 heteroatoms. The minimum atomic E-state index is -0.448. The summed E-state index contributed by atoms with van der Waals surface area (Å²) < 4.78 is 12.3. The molecule has 2 heterocycles. The van der Waals surface area contributed by atoms with E-state index in [9.17, 15) is 0 Å². The van der Waals surface area contributed by atoms with Crippen molar-refractivity contribution < 1.29 is 9.47 Å². The maximum Gasteiger partial charge on any atom is 0.167 e. The highest BCUT2D eigenvalue weighted by Crippen LogP contribution is 2.26. The number of benzene rings is 1. The second-order valence-electron chi connectivity index (χ2n) is 5.03. The summed E-state index contributed by atoms with van der Waals surface area (Å²) in [4.78, 5) is 4.37. The molecule has 1 aliphatic heterocycles. The first-order chi connectivity index (χ1) is 9.66. The van der Waals surface area contributed by atoms with Gasteiger partial charge in [-0.25, -0.2) is 0 Å². The minimum Gasteiger partial charge on any atom is -0.384 e. The third kappa shape index (κ3) is 2.95. The van der Waals surface area contributed by atoms with Crippen LogP contribution in [0.1, 0.15) is 13.3 Å². The van der Waals surface area contributed by atoms with Gasteiger partial charge in [0.15, 0.2) is 5.79 Å². The summed E-state index contributed by atoms with van der Waals surface area (Å²) in [6, 6.07) is 8.08. The van der Waals surface area contributed by atoms with Gasteiger partial charge in [-0.2, -0.15) is 0 Å². The van der Waals surface area contributed by atoms with Crippen molar-refractivity contribution in [3.8, 4) is 0 Å². The number of ether oxygens (including phenoxy) is 2. The van der Waals surface area contributed by atoms with Crippen LogP contribution in [0, 0.1) is 0 Å². The van der Waals surface area contributed by atoms with Crippen molar-refractivity contribution in [1.29, 1.82) is 0 Å². The Bertz CT molecular complexity index is 612. The molecule has 0 unspecified atom stereocenters. The molecule has 1 aliphatic rings. The van der Waals surface area contributed by atoms with Crippen LogP contribution in [0.3, 0.4) is 0 Å². The number of halogens is 1. The van der Waals surface area contributed by atoms with Crippen molar-refractivity contribution in [3.63, 3.8) is 0 Å². The molecule has 0 spiro atoms. The van der Waals surface area contributed by atoms with Crippen LogP contribution in [-0.4, -0.2) is 30.5 Å². The third-order valence-corrected chi connectivity index (χ3v) is 3.99. The number of aromatic nitrogens is 1. The molecule has 0 radical (unpaired) electrons. The summed E-state index contributed by atoms with van der Waals surface area (Å²) in [6.45, 7) is 4.15. The first-order valence-electron chi connectivity index (χ1n) is 6.72. The fraction of sp³-hybridized carbons (Fsp3) is 0.400. The quantitative estimate of drug-likeness (QED) is 0.926. The first kappa shape index (κ1) is 13.8. The number of hydrogen-bond donors (Lipinski definition) is 1. The maximum atomic E-state index is 5.60. The van der Waals surface area contributed by atoms with E-state index in [1.54, 1.807) is 0 Å². The Morgan fingerprint density at radius 1 is 1.30 bits per heavy atom. The van der Waals surface area contributed by atoms with Gasteiger partial charge in [-0.1, -0.05) is 15.9 Å². The number of anilines is 1. The molecule has 0 atom stereocenters. The lowest BCUT2D eigenvalue weighted by Crippen LogP contribution is -2.28. The van der Waals surface area contributed by atoms with Crippen molar-refractivity contribution in [1.82, 2.24) is 4.98 Å². The molecule has 0 aliphatic carbocycles. The lowest BCUT2D eigenvalue weighted by molar-refractivity contribution is -0.144. The van der Waals surface area contributed by atoms with Gasteiger partial charge in [-0.3, -0.25) is 4.98 Å². The van der Waals surface area contributed by atoms with Gasteiger partial charge in [-0.05, 0) is 31.2 Å². The summed E-state index contributed by atoms with van der Waals surface area (Å²) >= 11 is 3.50. The summed E-state index contributed by atoms with van der Waals surface area (Å²) in [5, 5.41) is 4.56. The van der Waals surface area contributed by atoms with Gasteiger partial charge < -0.3 is 14.8 Å². The Morgan fingerprint density at radius 3 is 2.90 bits per heavy atom. The van der Waals surface area contributed by atoms with Gasteiger partial charge in [-0.15, -0.1) is 0 Å². The second kappa shape index (κ2) is 5.68. The molecular weight excluding hydrogens is 320 g/mol. The van der Waals surface area contributed by atoms with Gasteiger partial charge in [0.1, 0.15) is 0 Å². The molecule has 0 bridgehead atoms. The van der Waals surface area contributed by atoms with Crippen molar-refractivity contribution >= 4 is 32.5 Å². The molecule has 1 aromatic carbocycles. The Balaban J connectivity index is 1.72. The Morgan fingerprint density at radius 2 is 2.10 bits per heavy atom. The van der Waals surface area contributed by atoms with Crippen LogP contribution in [0.25, 0.3) is 10.9 Å². The van der Waals surface area contributed by atoms with Crippen molar-refractivity contribution in [3.05, 3.63) is 34.9 Å². The predicted molar refractivity (Wildman–Crippen MR) is 82.9 cm³/mol. The zero-order chi connectivity index (χ0) is 14.0. The van der Waals surface area contributed by atoms with Gasteiger partial charge in [0.2, 0.25) is 0 Å². The zero-order valence-corrected chi connectivity index (χ0v) is 12.9. The van der Waals surface area contributed by atoms with Crippen LogP contribution in [0.5, 0.6) is 0 Å². The summed E-state index contributed by atoms with van der Waals surface area (Å²) in [7, 11) is 0. The highest BCUT2D eigenvalue weighted by Gasteiger charge is 2.30. The van der Waals surface area contributed by atoms with E-state index in [0.717, 1.165) is 34.0 Å². The largest absolute Gasteiger partial charge is 0.384 e. The molecule has 1 saturated heterocycles. The van der Waals surface area contributed by atoms with Crippen molar-refractivity contribution in [2.24, 2.45) is 0 Å². The first-order valence-corrected chi connectivity index (χ1v) is 7.52. The van der Waals surface area contributed by atoms with E-state index in [0.29, 0.717) is 13.2 Å². The molecule has 0 saturated carbocycles. The number of nitrogens with zero attached hydrogens (tertiary/aromatic N) is 1. The standard InChI is InChI=1S/C15H17BrN2O2/c1-15(19-8-9-20-15)5-7-18-14-4-6-17-13-3-2-11(16)10-12(13)14/h2-4,6,10H,5,7-9H2,1H3,(H,17,18). The maximum absolute atomic E-state index is 5.60. The van der Waals surface area contributed by atoms with Crippen LogP contribution in [0.2, 0.25) is 0 Å². The predicted octanol–water partition coefficient (Wildman–Crippen LogP) is 3.56. The van der Waals surface area contributed by atoms with Gasteiger partial charge in [0.05, 0.1) is 18.7 Å². The van der Waals surface area contributed by atoms with E-state index in [-0.39, 0.29) is 0 Å². The molecule has 3 rings (SSSR count). The van der Waals surface area contributed by atoms with E-state index in [1.165, 1.54) is 0 Å². The minimum absolute atomic E-state index is 0.448. The van der Waals surface area contributed by atoms with E-state index in [2.05, 4.69) is 32.3 Å². The number of hydrogen-bond acceptors (Lipinski definition) is 4. The van der Waals surface area contributed by atoms with Crippen molar-refractivity contribution in [2.45, 2.75) is 19.1 Å². The van der Waals surface area contributed by atoms with E-state index in [1.807, 2.05) is 31.3 Å². The van der Waals surface area contributed by atoms with Gasteiger partial charge >= 0.3 is 0 Å². The monoisotopic (exact) mass is 336 g/mol. The smallest absolute Gasteiger partial charge is 0.167 e. The average molecular weight is 337 g/mol. The topological polar surface area (TPSA) is 43.4 Å². The second-order valence-corrected chi connectivity index (χ2v) is 5.94. The lowest BCUT2D eigenvalue weighted by Gasteiger charge is -2.22. The van der Waals surface area contributed by atoms with Crippen molar-refractivity contribution in [2.75, 3.05) is 25.1 Å². The number of rotatable bonds is 4. The zero-order valence-electron chi connectivity index (χ0n) is 11.4. The average Bonchev–Trinajstić information content (AvgIpc) is 2.86. The molecule has 1 aromatic heterocycles. The molecule has 1 fully saturated rings. The van der Waals surface area contributed by atoms with Crippen LogP contribution in [-0.2, 0) is 9.47 Å². The van der Waals surface area contributed by atoms with Gasteiger partial charge in [0, 0.05) is 34.7 Å². The Labute approximate surface area is 126 Å². The fourth-order valence-electron chi connectivity index (χ4n) is 2.40. The molecule has 0 amide bonds. The molecular formula is C15H17BrN2O2. The SMILES string of the molecule is CC1(CCNc2ccnc3ccc(Br)cc23)OCCO1. The van der Waals surface area contributed by atoms with Crippen LogP contribution >= 0.6 is 15.9 Å². The summed E-state index contributed by atoms with van der Waals surface area (Å²) in [6.07, 6.45) is 2.63. The third-order valence-electron chi connectivity index (χ3n) is 3.50. The van der Waals surface area contributed by atoms with E-state index < -0.39 is 5.79 Å². The normalized spacial score (nSPS) is 17.5. The lowest BCUT2D eigenvalue weighted by atomic mass is 10.1. The number of pyridine rings is 1. The van der Waals surface area contributed by atoms with E-state index in [4.69, 9.17) is 9.47 Å². The highest BCUT2D eigenvalue weighted by atomic mass is 79.9. The molecule has 2 aromatic rings.